The summed E-state index contributed by atoms with van der Waals surface area (Å²) in [7, 11) is -0.804. The van der Waals surface area contributed by atoms with Gasteiger partial charge in [0.25, 0.3) is 0 Å². The first-order valence-electron chi connectivity index (χ1n) is 10.5. The zero-order chi connectivity index (χ0) is 23.0. The molecular formula is C24H28N2O5S. The monoisotopic (exact) mass is 456 g/mol. The lowest BCUT2D eigenvalue weighted by Gasteiger charge is -2.27. The molecule has 2 aromatic rings. The maximum Gasteiger partial charge on any atom is 0.308 e. The van der Waals surface area contributed by atoms with Gasteiger partial charge in [0.05, 0.1) is 23.6 Å². The fourth-order valence-corrected chi connectivity index (χ4v) is 4.99. The summed E-state index contributed by atoms with van der Waals surface area (Å²) in [6.07, 6.45) is 2.39. The molecule has 1 aliphatic carbocycles. The second-order valence-electron chi connectivity index (χ2n) is 7.63. The molecule has 1 saturated carbocycles. The van der Waals surface area contributed by atoms with Gasteiger partial charge in [-0.1, -0.05) is 30.0 Å². The van der Waals surface area contributed by atoms with Crippen molar-refractivity contribution in [2.45, 2.75) is 36.6 Å². The van der Waals surface area contributed by atoms with Crippen molar-refractivity contribution in [3.8, 4) is 11.8 Å². The van der Waals surface area contributed by atoms with Crippen molar-refractivity contribution in [1.29, 1.82) is 0 Å². The minimum atomic E-state index is -3.73. The number of carbonyl (C=O) groups is 1. The summed E-state index contributed by atoms with van der Waals surface area (Å²) in [5.41, 5.74) is 2.11. The van der Waals surface area contributed by atoms with E-state index in [0.29, 0.717) is 36.9 Å². The molecule has 0 aromatic heterocycles. The van der Waals surface area contributed by atoms with Gasteiger partial charge >= 0.3 is 5.97 Å². The Bertz CT molecular complexity index is 1080. The van der Waals surface area contributed by atoms with Crippen LogP contribution in [0.25, 0.3) is 0 Å². The van der Waals surface area contributed by atoms with Crippen LogP contribution >= 0.6 is 0 Å². The van der Waals surface area contributed by atoms with Gasteiger partial charge in [0, 0.05) is 24.3 Å². The SMILES string of the molecule is COCNc1cc(S(=O)(=O)N[C@H]2CC[C@H](C(=O)OC)CC2)ccc1C#Cc1ccccc1. The summed E-state index contributed by atoms with van der Waals surface area (Å²) < 4.78 is 38.6. The summed E-state index contributed by atoms with van der Waals surface area (Å²) in [5, 5.41) is 3.07. The van der Waals surface area contributed by atoms with Gasteiger partial charge in [-0.15, -0.1) is 0 Å². The van der Waals surface area contributed by atoms with Crippen LogP contribution in [0.15, 0.2) is 53.4 Å². The molecule has 0 saturated heterocycles. The lowest BCUT2D eigenvalue weighted by atomic mass is 9.86. The first-order valence-corrected chi connectivity index (χ1v) is 12.0. The Hall–Kier alpha value is -2.86. The smallest absolute Gasteiger partial charge is 0.308 e. The first-order chi connectivity index (χ1) is 15.4. The van der Waals surface area contributed by atoms with E-state index >= 15 is 0 Å². The van der Waals surface area contributed by atoms with E-state index < -0.39 is 10.0 Å². The van der Waals surface area contributed by atoms with Crippen molar-refractivity contribution in [2.24, 2.45) is 5.92 Å². The molecule has 0 bridgehead atoms. The van der Waals surface area contributed by atoms with Crippen LogP contribution in [0.4, 0.5) is 5.69 Å². The van der Waals surface area contributed by atoms with Gasteiger partial charge in [-0.25, -0.2) is 13.1 Å². The van der Waals surface area contributed by atoms with Crippen LogP contribution in [0.5, 0.6) is 0 Å². The highest BCUT2D eigenvalue weighted by Gasteiger charge is 2.29. The molecule has 0 aliphatic heterocycles. The molecular weight excluding hydrogens is 428 g/mol. The molecule has 0 atom stereocenters. The van der Waals surface area contributed by atoms with Gasteiger partial charge in [-0.2, -0.15) is 0 Å². The standard InChI is InChI=1S/C24H28N2O5S/c1-30-17-25-23-16-22(15-12-19(23)9-8-18-6-4-3-5-7-18)32(28,29)26-21-13-10-20(11-14-21)24(27)31-2/h3-7,12,15-16,20-21,25-26H,10-11,13-14,17H2,1-2H3/t20-,21-. The number of rotatable bonds is 7. The Morgan fingerprint density at radius 2 is 1.75 bits per heavy atom. The zero-order valence-electron chi connectivity index (χ0n) is 18.3. The fourth-order valence-electron chi connectivity index (χ4n) is 3.66. The van der Waals surface area contributed by atoms with E-state index in [4.69, 9.17) is 9.47 Å². The van der Waals surface area contributed by atoms with Crippen molar-refractivity contribution < 1.29 is 22.7 Å². The van der Waals surface area contributed by atoms with Crippen molar-refractivity contribution in [1.82, 2.24) is 4.72 Å². The van der Waals surface area contributed by atoms with Gasteiger partial charge in [0.2, 0.25) is 10.0 Å². The predicted molar refractivity (Wildman–Crippen MR) is 122 cm³/mol. The molecule has 0 heterocycles. The molecule has 7 nitrogen and oxygen atoms in total. The molecule has 0 unspecified atom stereocenters. The summed E-state index contributed by atoms with van der Waals surface area (Å²) in [6, 6.07) is 14.2. The molecule has 0 spiro atoms. The van der Waals surface area contributed by atoms with E-state index in [0.717, 1.165) is 5.56 Å². The third-order valence-electron chi connectivity index (χ3n) is 5.41. The maximum atomic E-state index is 13.0. The highest BCUT2D eigenvalue weighted by atomic mass is 32.2. The number of esters is 1. The topological polar surface area (TPSA) is 93.7 Å². The van der Waals surface area contributed by atoms with E-state index in [1.165, 1.54) is 7.11 Å². The number of anilines is 1. The third kappa shape index (κ3) is 6.33. The Kier molecular flexibility index (Phi) is 8.28. The normalized spacial score (nSPS) is 18.3. The average Bonchev–Trinajstić information content (AvgIpc) is 2.82. The molecule has 1 aliphatic rings. The van der Waals surface area contributed by atoms with Crippen LogP contribution in [0, 0.1) is 17.8 Å². The fraction of sp³-hybridized carbons (Fsp3) is 0.375. The van der Waals surface area contributed by atoms with E-state index in [9.17, 15) is 13.2 Å². The van der Waals surface area contributed by atoms with Crippen LogP contribution in [-0.4, -0.2) is 41.4 Å². The van der Waals surface area contributed by atoms with Crippen LogP contribution in [0.1, 0.15) is 36.8 Å². The van der Waals surface area contributed by atoms with Crippen LogP contribution in [-0.2, 0) is 24.3 Å². The second-order valence-corrected chi connectivity index (χ2v) is 9.34. The maximum absolute atomic E-state index is 13.0. The number of carbonyl (C=O) groups excluding carboxylic acids is 1. The van der Waals surface area contributed by atoms with Crippen LogP contribution < -0.4 is 10.0 Å². The lowest BCUT2D eigenvalue weighted by molar-refractivity contribution is -0.146. The number of hydrogen-bond acceptors (Lipinski definition) is 6. The number of sulfonamides is 1. The Morgan fingerprint density at radius 3 is 2.41 bits per heavy atom. The van der Waals surface area contributed by atoms with E-state index in [-0.39, 0.29) is 29.6 Å². The number of hydrogen-bond donors (Lipinski definition) is 2. The van der Waals surface area contributed by atoms with E-state index in [2.05, 4.69) is 21.9 Å². The van der Waals surface area contributed by atoms with E-state index in [1.807, 2.05) is 30.3 Å². The number of nitrogens with one attached hydrogen (secondary N) is 2. The predicted octanol–water partition coefficient (Wildman–Crippen LogP) is 3.11. The molecule has 0 amide bonds. The average molecular weight is 457 g/mol. The largest absolute Gasteiger partial charge is 0.469 e. The van der Waals surface area contributed by atoms with Crippen molar-refractivity contribution in [3.05, 3.63) is 59.7 Å². The first kappa shape index (κ1) is 23.8. The number of benzene rings is 2. The molecule has 2 aromatic carbocycles. The number of ether oxygens (including phenoxy) is 2. The molecule has 2 N–H and O–H groups in total. The number of methoxy groups -OCH3 is 2. The summed E-state index contributed by atoms with van der Waals surface area (Å²) in [4.78, 5) is 11.8. The Morgan fingerprint density at radius 1 is 1.03 bits per heavy atom. The molecule has 0 radical (unpaired) electrons. The Balaban J connectivity index is 1.76. The summed E-state index contributed by atoms with van der Waals surface area (Å²) in [5.74, 6) is 5.79. The van der Waals surface area contributed by atoms with Gasteiger partial charge < -0.3 is 14.8 Å². The van der Waals surface area contributed by atoms with Gasteiger partial charge in [0.1, 0.15) is 6.73 Å². The lowest BCUT2D eigenvalue weighted by Crippen LogP contribution is -2.38. The molecule has 8 heteroatoms. The molecule has 3 rings (SSSR count). The second kappa shape index (κ2) is 11.1. The minimum absolute atomic E-state index is 0.149. The molecule has 170 valence electrons. The molecule has 32 heavy (non-hydrogen) atoms. The van der Waals surface area contributed by atoms with Crippen LogP contribution in [0.2, 0.25) is 0 Å². The van der Waals surface area contributed by atoms with Gasteiger partial charge in [-0.3, -0.25) is 4.79 Å². The van der Waals surface area contributed by atoms with E-state index in [1.54, 1.807) is 25.3 Å². The zero-order valence-corrected chi connectivity index (χ0v) is 19.1. The highest BCUT2D eigenvalue weighted by molar-refractivity contribution is 7.89. The van der Waals surface area contributed by atoms with Gasteiger partial charge in [-0.05, 0) is 56.0 Å². The van der Waals surface area contributed by atoms with Crippen molar-refractivity contribution in [3.63, 3.8) is 0 Å². The highest BCUT2D eigenvalue weighted by Crippen LogP contribution is 2.27. The minimum Gasteiger partial charge on any atom is -0.469 e. The van der Waals surface area contributed by atoms with Crippen LogP contribution in [0.3, 0.4) is 0 Å². The Labute approximate surface area is 189 Å². The van der Waals surface area contributed by atoms with Crippen molar-refractivity contribution >= 4 is 21.7 Å². The third-order valence-corrected chi connectivity index (χ3v) is 6.93. The quantitative estimate of drug-likeness (QED) is 0.378. The molecule has 1 fully saturated rings. The van der Waals surface area contributed by atoms with Gasteiger partial charge in [0.15, 0.2) is 0 Å². The van der Waals surface area contributed by atoms with Crippen molar-refractivity contribution in [2.75, 3.05) is 26.3 Å². The summed E-state index contributed by atoms with van der Waals surface area (Å²) in [6.45, 7) is 0.217. The summed E-state index contributed by atoms with van der Waals surface area (Å²) >= 11 is 0.